The van der Waals surface area contributed by atoms with E-state index in [0.29, 0.717) is 44.8 Å². The lowest BCUT2D eigenvalue weighted by atomic mass is 10.2. The molecule has 0 aromatic carbocycles. The molecule has 2 aliphatic rings. The van der Waals surface area contributed by atoms with Crippen LogP contribution in [0, 0.1) is 0 Å². The summed E-state index contributed by atoms with van der Waals surface area (Å²) in [5.74, 6) is -0.0112. The largest absolute Gasteiger partial charge is 0.336 e. The van der Waals surface area contributed by atoms with Crippen LogP contribution in [0.2, 0.25) is 0 Å². The van der Waals surface area contributed by atoms with Crippen LogP contribution >= 0.6 is 11.3 Å². The first kappa shape index (κ1) is 16.8. The topological polar surface area (TPSA) is 64.2 Å². The van der Waals surface area contributed by atoms with Crippen LogP contribution in [0.25, 0.3) is 0 Å². The molecule has 1 aromatic rings. The summed E-state index contributed by atoms with van der Waals surface area (Å²) < 4.78 is 28.4. The molecule has 0 spiro atoms. The second-order valence-electron chi connectivity index (χ2n) is 5.91. The van der Waals surface area contributed by atoms with Crippen molar-refractivity contribution in [2.45, 2.75) is 0 Å². The lowest BCUT2D eigenvalue weighted by Gasteiger charge is -2.39. The van der Waals surface area contributed by atoms with Crippen molar-refractivity contribution >= 4 is 27.5 Å². The second-order valence-corrected chi connectivity index (χ2v) is 8.62. The van der Waals surface area contributed by atoms with E-state index in [2.05, 4.69) is 4.90 Å². The van der Waals surface area contributed by atoms with E-state index in [-0.39, 0.29) is 5.91 Å². The van der Waals surface area contributed by atoms with E-state index in [9.17, 15) is 13.2 Å². The Balaban J connectivity index is 1.59. The molecule has 1 amide bonds. The summed E-state index contributed by atoms with van der Waals surface area (Å²) in [6.45, 7) is 4.21. The molecule has 2 fully saturated rings. The van der Waals surface area contributed by atoms with Gasteiger partial charge in [-0.2, -0.15) is 28.4 Å². The van der Waals surface area contributed by atoms with Crippen molar-refractivity contribution in [1.82, 2.24) is 18.4 Å². The zero-order valence-corrected chi connectivity index (χ0v) is 14.9. The highest BCUT2D eigenvalue weighted by atomic mass is 32.2. The molecule has 3 heterocycles. The molecule has 7 nitrogen and oxygen atoms in total. The number of hydrogen-bond acceptors (Lipinski definition) is 5. The minimum absolute atomic E-state index is 0.0112. The van der Waals surface area contributed by atoms with Gasteiger partial charge in [0.05, 0.1) is 5.56 Å². The molecular formula is C14H22N4O3S2. The van der Waals surface area contributed by atoms with Gasteiger partial charge >= 0.3 is 0 Å². The number of likely N-dealkylation sites (N-methyl/N-ethyl adjacent to an activating group) is 1. The molecule has 2 saturated heterocycles. The standard InChI is InChI=1S/C14H22N4O3S2/c1-15-3-7-17(8-4-15)23(20,21)18-9-5-16(6-10-18)14(19)13-2-11-22-12-13/h2,11-12H,3-10H2,1H3. The Kier molecular flexibility index (Phi) is 5.02. The van der Waals surface area contributed by atoms with Crippen molar-refractivity contribution in [1.29, 1.82) is 0 Å². The lowest BCUT2D eigenvalue weighted by Crippen LogP contribution is -2.57. The molecule has 0 radical (unpaired) electrons. The minimum Gasteiger partial charge on any atom is -0.336 e. The maximum Gasteiger partial charge on any atom is 0.282 e. The summed E-state index contributed by atoms with van der Waals surface area (Å²) in [6.07, 6.45) is 0. The third-order valence-corrected chi connectivity index (χ3v) is 7.13. The molecular weight excluding hydrogens is 336 g/mol. The van der Waals surface area contributed by atoms with Gasteiger partial charge in [-0.3, -0.25) is 4.79 Å². The van der Waals surface area contributed by atoms with Crippen LogP contribution in [0.3, 0.4) is 0 Å². The highest BCUT2D eigenvalue weighted by molar-refractivity contribution is 7.86. The van der Waals surface area contributed by atoms with Crippen molar-refractivity contribution in [2.24, 2.45) is 0 Å². The number of piperazine rings is 2. The second kappa shape index (κ2) is 6.86. The smallest absolute Gasteiger partial charge is 0.282 e. The van der Waals surface area contributed by atoms with E-state index in [4.69, 9.17) is 0 Å². The summed E-state index contributed by atoms with van der Waals surface area (Å²) in [4.78, 5) is 16.2. The van der Waals surface area contributed by atoms with E-state index < -0.39 is 10.2 Å². The molecule has 1 aromatic heterocycles. The number of amides is 1. The van der Waals surface area contributed by atoms with Gasteiger partial charge in [-0.25, -0.2) is 0 Å². The first-order chi connectivity index (χ1) is 11.0. The van der Waals surface area contributed by atoms with Gasteiger partial charge in [-0.15, -0.1) is 0 Å². The third kappa shape index (κ3) is 3.58. The number of carbonyl (C=O) groups excluding carboxylic acids is 1. The van der Waals surface area contributed by atoms with Gasteiger partial charge in [0.15, 0.2) is 0 Å². The molecule has 0 aliphatic carbocycles. The quantitative estimate of drug-likeness (QED) is 0.763. The van der Waals surface area contributed by atoms with Crippen LogP contribution in [0.4, 0.5) is 0 Å². The Morgan fingerprint density at radius 1 is 1.00 bits per heavy atom. The SMILES string of the molecule is CN1CCN(S(=O)(=O)N2CCN(C(=O)c3ccsc3)CC2)CC1. The Labute approximate surface area is 141 Å². The monoisotopic (exact) mass is 358 g/mol. The van der Waals surface area contributed by atoms with Crippen LogP contribution in [-0.2, 0) is 10.2 Å². The normalized spacial score (nSPS) is 22.4. The van der Waals surface area contributed by atoms with E-state index in [1.807, 2.05) is 17.8 Å². The summed E-state index contributed by atoms with van der Waals surface area (Å²) in [5, 5.41) is 3.71. The molecule has 0 N–H and O–H groups in total. The van der Waals surface area contributed by atoms with Gasteiger partial charge in [0.1, 0.15) is 0 Å². The number of carbonyl (C=O) groups is 1. The third-order valence-electron chi connectivity index (χ3n) is 4.41. The average Bonchev–Trinajstić information content (AvgIpc) is 3.09. The molecule has 0 saturated carbocycles. The van der Waals surface area contributed by atoms with Crippen molar-refractivity contribution in [2.75, 3.05) is 59.4 Å². The van der Waals surface area contributed by atoms with Crippen LogP contribution in [0.5, 0.6) is 0 Å². The highest BCUT2D eigenvalue weighted by Gasteiger charge is 2.34. The minimum atomic E-state index is -3.41. The van der Waals surface area contributed by atoms with Crippen molar-refractivity contribution in [3.63, 3.8) is 0 Å². The molecule has 9 heteroatoms. The summed E-state index contributed by atoms with van der Waals surface area (Å²) in [5.41, 5.74) is 0.686. The van der Waals surface area contributed by atoms with Gasteiger partial charge in [0.2, 0.25) is 0 Å². The fraction of sp³-hybridized carbons (Fsp3) is 0.643. The number of hydrogen-bond donors (Lipinski definition) is 0. The Morgan fingerprint density at radius 3 is 2.09 bits per heavy atom. The zero-order valence-electron chi connectivity index (χ0n) is 13.2. The van der Waals surface area contributed by atoms with E-state index in [0.717, 1.165) is 13.1 Å². The van der Waals surface area contributed by atoms with Gasteiger partial charge < -0.3 is 9.80 Å². The fourth-order valence-corrected chi connectivity index (χ4v) is 5.08. The van der Waals surface area contributed by atoms with Crippen molar-refractivity contribution < 1.29 is 13.2 Å². The van der Waals surface area contributed by atoms with Crippen molar-refractivity contribution in [3.8, 4) is 0 Å². The molecule has 23 heavy (non-hydrogen) atoms. The lowest BCUT2D eigenvalue weighted by molar-refractivity contribution is 0.0693. The van der Waals surface area contributed by atoms with Gasteiger partial charge in [0, 0.05) is 57.7 Å². The van der Waals surface area contributed by atoms with E-state index in [1.165, 1.54) is 15.6 Å². The zero-order chi connectivity index (χ0) is 16.4. The first-order valence-corrected chi connectivity index (χ1v) is 10.1. The number of rotatable bonds is 3. The van der Waals surface area contributed by atoms with Gasteiger partial charge in [0.25, 0.3) is 16.1 Å². The van der Waals surface area contributed by atoms with Crippen LogP contribution in [0.15, 0.2) is 16.8 Å². The molecule has 0 unspecified atom stereocenters. The number of thiophene rings is 1. The molecule has 3 rings (SSSR count). The fourth-order valence-electron chi connectivity index (χ4n) is 2.87. The van der Waals surface area contributed by atoms with E-state index >= 15 is 0 Å². The van der Waals surface area contributed by atoms with E-state index in [1.54, 1.807) is 15.3 Å². The summed E-state index contributed by atoms with van der Waals surface area (Å²) in [6, 6.07) is 1.81. The van der Waals surface area contributed by atoms with Crippen molar-refractivity contribution in [3.05, 3.63) is 22.4 Å². The predicted molar refractivity (Wildman–Crippen MR) is 89.8 cm³/mol. The summed E-state index contributed by atoms with van der Waals surface area (Å²) >= 11 is 1.49. The molecule has 0 atom stereocenters. The Bertz CT molecular complexity index is 631. The van der Waals surface area contributed by atoms with Gasteiger partial charge in [-0.05, 0) is 18.5 Å². The average molecular weight is 358 g/mol. The Hall–Kier alpha value is -1.00. The first-order valence-electron chi connectivity index (χ1n) is 7.74. The maximum absolute atomic E-state index is 12.7. The molecule has 2 aliphatic heterocycles. The van der Waals surface area contributed by atoms with Crippen LogP contribution < -0.4 is 0 Å². The summed E-state index contributed by atoms with van der Waals surface area (Å²) in [7, 11) is -1.41. The molecule has 128 valence electrons. The Morgan fingerprint density at radius 2 is 1.57 bits per heavy atom. The highest BCUT2D eigenvalue weighted by Crippen LogP contribution is 2.16. The number of nitrogens with zero attached hydrogens (tertiary/aromatic N) is 4. The van der Waals surface area contributed by atoms with Gasteiger partial charge in [-0.1, -0.05) is 0 Å². The van der Waals surface area contributed by atoms with Crippen LogP contribution in [0.1, 0.15) is 10.4 Å². The predicted octanol–water partition coefficient (Wildman–Crippen LogP) is -0.00190. The maximum atomic E-state index is 12.7. The molecule has 0 bridgehead atoms. The van der Waals surface area contributed by atoms with Crippen LogP contribution in [-0.4, -0.2) is 92.1 Å².